The lowest BCUT2D eigenvalue weighted by Crippen LogP contribution is -2.33. The van der Waals surface area contributed by atoms with Gasteiger partial charge in [-0.2, -0.15) is 0 Å². The van der Waals surface area contributed by atoms with Crippen molar-refractivity contribution >= 4 is 39.9 Å². The number of fused-ring (bicyclic) bond motifs is 1. The summed E-state index contributed by atoms with van der Waals surface area (Å²) in [6, 6.07) is 13.9. The van der Waals surface area contributed by atoms with Crippen LogP contribution in [0.2, 0.25) is 10.0 Å². The number of aromatic nitrogens is 1. The van der Waals surface area contributed by atoms with Gasteiger partial charge in [-0.3, -0.25) is 9.69 Å². The average molecular weight is 429 g/mol. The lowest BCUT2D eigenvalue weighted by Gasteiger charge is -2.32. The minimum Gasteiger partial charge on any atom is -0.350 e. The van der Waals surface area contributed by atoms with Crippen molar-refractivity contribution in [2.75, 3.05) is 13.1 Å². The van der Waals surface area contributed by atoms with Crippen molar-refractivity contribution in [2.45, 2.75) is 32.2 Å². The Hall–Kier alpha value is -1.81. The molecule has 1 aromatic heterocycles. The third kappa shape index (κ3) is 4.85. The largest absolute Gasteiger partial charge is 0.350 e. The predicted molar refractivity (Wildman–Crippen MR) is 121 cm³/mol. The highest BCUT2D eigenvalue weighted by Crippen LogP contribution is 2.28. The van der Waals surface area contributed by atoms with Crippen LogP contribution in [0.1, 0.15) is 41.6 Å². The number of rotatable bonds is 6. The molecule has 0 aliphatic carbocycles. The number of nitrogens with zero attached hydrogens (tertiary/aromatic N) is 2. The molecule has 0 amide bonds. The van der Waals surface area contributed by atoms with E-state index in [-0.39, 0.29) is 5.78 Å². The fourth-order valence-electron chi connectivity index (χ4n) is 4.34. The number of piperidine rings is 1. The zero-order chi connectivity index (χ0) is 20.4. The second kappa shape index (κ2) is 8.91. The third-order valence-corrected chi connectivity index (χ3v) is 6.55. The SMILES string of the molecule is Cn1cc(C(=O)CCC2CCN(Cc3ccc(Cl)cc3)CC2)c2cc(Cl)ccc21. The third-order valence-electron chi connectivity index (χ3n) is 6.06. The van der Waals surface area contributed by atoms with Gasteiger partial charge in [0.1, 0.15) is 0 Å². The standard InChI is InChI=1S/C24H26Cl2N2O/c1-27-16-22(21-14-20(26)7-8-23(21)27)24(29)9-4-17-10-12-28(13-11-17)15-18-2-5-19(25)6-3-18/h2-3,5-8,14,16-17H,4,9-13,15H2,1H3. The van der Waals surface area contributed by atoms with Crippen molar-refractivity contribution in [1.29, 1.82) is 0 Å². The molecule has 4 rings (SSSR count). The summed E-state index contributed by atoms with van der Waals surface area (Å²) in [6.07, 6.45) is 5.82. The highest BCUT2D eigenvalue weighted by atomic mass is 35.5. The van der Waals surface area contributed by atoms with Gasteiger partial charge in [0.25, 0.3) is 0 Å². The molecule has 0 unspecified atom stereocenters. The Bertz CT molecular complexity index is 1000. The number of carbonyl (C=O) groups is 1. The summed E-state index contributed by atoms with van der Waals surface area (Å²) in [5.74, 6) is 0.848. The van der Waals surface area contributed by atoms with Gasteiger partial charge in [-0.25, -0.2) is 0 Å². The maximum absolute atomic E-state index is 12.9. The van der Waals surface area contributed by atoms with Crippen LogP contribution < -0.4 is 0 Å². The van der Waals surface area contributed by atoms with E-state index < -0.39 is 0 Å². The Labute approximate surface area is 182 Å². The summed E-state index contributed by atoms with van der Waals surface area (Å²) < 4.78 is 2.01. The molecule has 1 saturated heterocycles. The molecular weight excluding hydrogens is 403 g/mol. The number of hydrogen-bond donors (Lipinski definition) is 0. The van der Waals surface area contributed by atoms with Gasteiger partial charge in [-0.05, 0) is 74.2 Å². The van der Waals surface area contributed by atoms with E-state index in [1.54, 1.807) is 0 Å². The molecule has 0 bridgehead atoms. The number of likely N-dealkylation sites (tertiary alicyclic amines) is 1. The quantitative estimate of drug-likeness (QED) is 0.426. The molecular formula is C24H26Cl2N2O. The molecule has 1 aliphatic rings. The van der Waals surface area contributed by atoms with E-state index in [4.69, 9.17) is 23.2 Å². The lowest BCUT2D eigenvalue weighted by molar-refractivity contribution is 0.0963. The molecule has 1 fully saturated rings. The fourth-order valence-corrected chi connectivity index (χ4v) is 4.64. The first kappa shape index (κ1) is 20.5. The van der Waals surface area contributed by atoms with Crippen molar-refractivity contribution < 1.29 is 4.79 Å². The van der Waals surface area contributed by atoms with E-state index in [0.717, 1.165) is 60.4 Å². The molecule has 0 atom stereocenters. The van der Waals surface area contributed by atoms with Crippen LogP contribution >= 0.6 is 23.2 Å². The number of benzene rings is 2. The van der Waals surface area contributed by atoms with Gasteiger partial charge in [0.05, 0.1) is 0 Å². The van der Waals surface area contributed by atoms with Gasteiger partial charge < -0.3 is 4.57 Å². The smallest absolute Gasteiger partial charge is 0.165 e. The predicted octanol–water partition coefficient (Wildman–Crippen LogP) is 6.36. The molecule has 3 nitrogen and oxygen atoms in total. The van der Waals surface area contributed by atoms with Crippen LogP contribution in [-0.4, -0.2) is 28.3 Å². The zero-order valence-electron chi connectivity index (χ0n) is 16.7. The highest BCUT2D eigenvalue weighted by Gasteiger charge is 2.21. The van der Waals surface area contributed by atoms with Crippen LogP contribution in [0.3, 0.4) is 0 Å². The minimum absolute atomic E-state index is 0.224. The van der Waals surface area contributed by atoms with Gasteiger partial charge >= 0.3 is 0 Å². The van der Waals surface area contributed by atoms with Crippen molar-refractivity contribution in [3.63, 3.8) is 0 Å². The molecule has 0 saturated carbocycles. The first-order chi connectivity index (χ1) is 14.0. The molecule has 0 spiro atoms. The molecule has 5 heteroatoms. The van der Waals surface area contributed by atoms with Crippen LogP contribution in [0.4, 0.5) is 0 Å². The van der Waals surface area contributed by atoms with Crippen LogP contribution in [0.25, 0.3) is 10.9 Å². The Morgan fingerprint density at radius 3 is 2.45 bits per heavy atom. The Morgan fingerprint density at radius 2 is 1.72 bits per heavy atom. The van der Waals surface area contributed by atoms with E-state index in [1.165, 1.54) is 5.56 Å². The average Bonchev–Trinajstić information content (AvgIpc) is 3.05. The second-order valence-electron chi connectivity index (χ2n) is 8.12. The van der Waals surface area contributed by atoms with Crippen molar-refractivity contribution in [3.8, 4) is 0 Å². The van der Waals surface area contributed by atoms with Gasteiger partial charge in [0.15, 0.2) is 5.78 Å². The number of carbonyl (C=O) groups excluding carboxylic acids is 1. The Balaban J connectivity index is 1.30. The van der Waals surface area contributed by atoms with E-state index >= 15 is 0 Å². The number of halogens is 2. The van der Waals surface area contributed by atoms with Gasteiger partial charge in [-0.1, -0.05) is 35.3 Å². The molecule has 0 N–H and O–H groups in total. The molecule has 1 aliphatic heterocycles. The van der Waals surface area contributed by atoms with Gasteiger partial charge in [0, 0.05) is 52.7 Å². The second-order valence-corrected chi connectivity index (χ2v) is 9.00. The summed E-state index contributed by atoms with van der Waals surface area (Å²) in [5.41, 5.74) is 3.15. The van der Waals surface area contributed by atoms with E-state index in [1.807, 2.05) is 48.1 Å². The number of Topliss-reactive ketones (excluding diaryl/α,β-unsaturated/α-hetero) is 1. The van der Waals surface area contributed by atoms with E-state index in [0.29, 0.717) is 17.4 Å². The number of aryl methyl sites for hydroxylation is 1. The summed E-state index contributed by atoms with van der Waals surface area (Å²) in [6.45, 7) is 3.15. The summed E-state index contributed by atoms with van der Waals surface area (Å²) in [4.78, 5) is 15.4. The molecule has 0 radical (unpaired) electrons. The van der Waals surface area contributed by atoms with Crippen molar-refractivity contribution in [1.82, 2.24) is 9.47 Å². The van der Waals surface area contributed by atoms with Crippen LogP contribution in [-0.2, 0) is 13.6 Å². The first-order valence-electron chi connectivity index (χ1n) is 10.2. The van der Waals surface area contributed by atoms with E-state index in [2.05, 4.69) is 17.0 Å². The van der Waals surface area contributed by atoms with Gasteiger partial charge in [0.2, 0.25) is 0 Å². The minimum atomic E-state index is 0.224. The summed E-state index contributed by atoms with van der Waals surface area (Å²) in [5, 5.41) is 2.42. The highest BCUT2D eigenvalue weighted by molar-refractivity contribution is 6.31. The first-order valence-corrected chi connectivity index (χ1v) is 11.0. The lowest BCUT2D eigenvalue weighted by atomic mass is 9.90. The topological polar surface area (TPSA) is 25.2 Å². The van der Waals surface area contributed by atoms with Crippen LogP contribution in [0.15, 0.2) is 48.7 Å². The van der Waals surface area contributed by atoms with Crippen molar-refractivity contribution in [3.05, 3.63) is 69.8 Å². The monoisotopic (exact) mass is 428 g/mol. The number of hydrogen-bond acceptors (Lipinski definition) is 2. The fraction of sp³-hybridized carbons (Fsp3) is 0.375. The summed E-state index contributed by atoms with van der Waals surface area (Å²) >= 11 is 12.1. The molecule has 3 aromatic rings. The maximum Gasteiger partial charge on any atom is 0.165 e. The summed E-state index contributed by atoms with van der Waals surface area (Å²) in [7, 11) is 1.98. The molecule has 2 heterocycles. The van der Waals surface area contributed by atoms with Gasteiger partial charge in [-0.15, -0.1) is 0 Å². The molecule has 29 heavy (non-hydrogen) atoms. The van der Waals surface area contributed by atoms with E-state index in [9.17, 15) is 4.79 Å². The molecule has 152 valence electrons. The number of ketones is 1. The Kier molecular flexibility index (Phi) is 6.29. The van der Waals surface area contributed by atoms with Crippen LogP contribution in [0.5, 0.6) is 0 Å². The maximum atomic E-state index is 12.9. The van der Waals surface area contributed by atoms with Crippen LogP contribution in [0, 0.1) is 5.92 Å². The van der Waals surface area contributed by atoms with Crippen molar-refractivity contribution in [2.24, 2.45) is 13.0 Å². The molecule has 2 aromatic carbocycles. The zero-order valence-corrected chi connectivity index (χ0v) is 18.2. The normalized spacial score (nSPS) is 15.8. The Morgan fingerprint density at radius 1 is 1.03 bits per heavy atom.